The molecule has 0 saturated carbocycles. The molecule has 0 aliphatic heterocycles. The summed E-state index contributed by atoms with van der Waals surface area (Å²) < 4.78 is 7.23. The van der Waals surface area contributed by atoms with Crippen molar-refractivity contribution in [2.45, 2.75) is 6.92 Å². The monoisotopic (exact) mass is 387 g/mol. The molecule has 0 aliphatic rings. The predicted octanol–water partition coefficient (Wildman–Crippen LogP) is 4.21. The highest BCUT2D eigenvalue weighted by Gasteiger charge is 2.09. The van der Waals surface area contributed by atoms with Crippen LogP contribution in [0.5, 0.6) is 5.88 Å². The number of benzene rings is 1. The van der Waals surface area contributed by atoms with Gasteiger partial charge in [0.25, 0.3) is 0 Å². The number of aromatic nitrogens is 3. The van der Waals surface area contributed by atoms with Crippen molar-refractivity contribution in [3.05, 3.63) is 67.1 Å². The number of rotatable bonds is 5. The quantitative estimate of drug-likeness (QED) is 0.537. The third-order valence-corrected chi connectivity index (χ3v) is 4.54. The molecule has 0 unspecified atom stereocenters. The molecule has 0 bridgehead atoms. The minimum atomic E-state index is -0.222. The van der Waals surface area contributed by atoms with E-state index in [1.807, 2.05) is 72.2 Å². The van der Waals surface area contributed by atoms with Crippen molar-refractivity contribution in [3.63, 3.8) is 0 Å². The summed E-state index contributed by atoms with van der Waals surface area (Å²) in [5.41, 5.74) is 5.50. The van der Waals surface area contributed by atoms with Crippen molar-refractivity contribution >= 4 is 17.4 Å². The lowest BCUT2D eigenvalue weighted by atomic mass is 10.1. The number of anilines is 1. The number of urea groups is 1. The van der Waals surface area contributed by atoms with Crippen LogP contribution in [0.3, 0.4) is 0 Å². The number of amides is 2. The van der Waals surface area contributed by atoms with Gasteiger partial charge in [-0.2, -0.15) is 0 Å². The van der Waals surface area contributed by atoms with Crippen LogP contribution in [0.15, 0.2) is 67.1 Å². The number of nitrogens with zero attached hydrogens (tertiary/aromatic N) is 3. The first-order chi connectivity index (χ1) is 14.2. The standard InChI is InChI=1S/C22H21N5O2/c1-3-23-22(28)26-18-6-4-5-17(11-18)19-14-25-20-12-16(8-10-27(19)20)15-7-9-24-21(13-15)29-2/h4-14H,3H2,1-2H3,(H2,23,26,28). The number of hydrogen-bond acceptors (Lipinski definition) is 4. The summed E-state index contributed by atoms with van der Waals surface area (Å²) in [4.78, 5) is 20.5. The Labute approximate surface area is 168 Å². The van der Waals surface area contributed by atoms with E-state index in [4.69, 9.17) is 4.74 Å². The number of carbonyl (C=O) groups is 1. The van der Waals surface area contributed by atoms with Crippen molar-refractivity contribution in [2.75, 3.05) is 19.0 Å². The maximum absolute atomic E-state index is 11.8. The molecule has 29 heavy (non-hydrogen) atoms. The fourth-order valence-electron chi connectivity index (χ4n) is 3.17. The van der Waals surface area contributed by atoms with Gasteiger partial charge in [-0.3, -0.25) is 4.40 Å². The van der Waals surface area contributed by atoms with Crippen molar-refractivity contribution in [3.8, 4) is 28.3 Å². The second-order valence-corrected chi connectivity index (χ2v) is 6.44. The summed E-state index contributed by atoms with van der Waals surface area (Å²) in [6, 6.07) is 15.4. The molecule has 3 aromatic heterocycles. The lowest BCUT2D eigenvalue weighted by molar-refractivity contribution is 0.252. The molecule has 2 N–H and O–H groups in total. The zero-order valence-electron chi connectivity index (χ0n) is 16.2. The molecule has 146 valence electrons. The number of pyridine rings is 2. The minimum Gasteiger partial charge on any atom is -0.481 e. The molecular formula is C22H21N5O2. The minimum absolute atomic E-state index is 0.222. The molecule has 0 atom stereocenters. The van der Waals surface area contributed by atoms with Crippen molar-refractivity contribution < 1.29 is 9.53 Å². The number of methoxy groups -OCH3 is 1. The van der Waals surface area contributed by atoms with Crippen molar-refractivity contribution in [1.29, 1.82) is 0 Å². The Morgan fingerprint density at radius 2 is 1.93 bits per heavy atom. The van der Waals surface area contributed by atoms with E-state index in [9.17, 15) is 4.79 Å². The van der Waals surface area contributed by atoms with Gasteiger partial charge in [0, 0.05) is 36.3 Å². The molecule has 3 heterocycles. The lowest BCUT2D eigenvalue weighted by Crippen LogP contribution is -2.28. The van der Waals surface area contributed by atoms with Crippen LogP contribution < -0.4 is 15.4 Å². The number of hydrogen-bond donors (Lipinski definition) is 2. The molecule has 0 saturated heterocycles. The van der Waals surface area contributed by atoms with E-state index in [1.54, 1.807) is 13.3 Å². The van der Waals surface area contributed by atoms with Crippen LogP contribution in [-0.2, 0) is 0 Å². The van der Waals surface area contributed by atoms with E-state index in [2.05, 4.69) is 20.6 Å². The van der Waals surface area contributed by atoms with Gasteiger partial charge in [0.1, 0.15) is 5.65 Å². The van der Waals surface area contributed by atoms with Gasteiger partial charge in [-0.05, 0) is 48.4 Å². The molecular weight excluding hydrogens is 366 g/mol. The Bertz CT molecular complexity index is 1170. The Morgan fingerprint density at radius 1 is 1.07 bits per heavy atom. The van der Waals surface area contributed by atoms with Gasteiger partial charge in [0.05, 0.1) is 19.0 Å². The van der Waals surface area contributed by atoms with E-state index in [0.29, 0.717) is 12.4 Å². The Hall–Kier alpha value is -3.87. The number of imidazole rings is 1. The van der Waals surface area contributed by atoms with Gasteiger partial charge in [0.15, 0.2) is 0 Å². The van der Waals surface area contributed by atoms with Gasteiger partial charge in [-0.1, -0.05) is 12.1 Å². The SMILES string of the molecule is CCNC(=O)Nc1cccc(-c2cnc3cc(-c4ccnc(OC)c4)ccn23)c1. The average Bonchev–Trinajstić information content (AvgIpc) is 3.17. The highest BCUT2D eigenvalue weighted by atomic mass is 16.5. The van der Waals surface area contributed by atoms with Crippen LogP contribution >= 0.6 is 0 Å². The first kappa shape index (κ1) is 18.5. The predicted molar refractivity (Wildman–Crippen MR) is 113 cm³/mol. The molecule has 0 aliphatic carbocycles. The topological polar surface area (TPSA) is 80.5 Å². The highest BCUT2D eigenvalue weighted by Crippen LogP contribution is 2.27. The molecule has 1 aromatic carbocycles. The molecule has 2 amide bonds. The smallest absolute Gasteiger partial charge is 0.319 e. The number of fused-ring (bicyclic) bond motifs is 1. The summed E-state index contributed by atoms with van der Waals surface area (Å²) in [7, 11) is 1.60. The van der Waals surface area contributed by atoms with E-state index >= 15 is 0 Å². The average molecular weight is 387 g/mol. The molecule has 4 aromatic rings. The van der Waals surface area contributed by atoms with E-state index in [0.717, 1.165) is 33.7 Å². The van der Waals surface area contributed by atoms with Crippen molar-refractivity contribution in [1.82, 2.24) is 19.7 Å². The second-order valence-electron chi connectivity index (χ2n) is 6.44. The van der Waals surface area contributed by atoms with Gasteiger partial charge < -0.3 is 15.4 Å². The van der Waals surface area contributed by atoms with Crippen LogP contribution in [0.1, 0.15) is 6.92 Å². The van der Waals surface area contributed by atoms with Gasteiger partial charge in [0.2, 0.25) is 5.88 Å². The highest BCUT2D eigenvalue weighted by molar-refractivity contribution is 5.90. The summed E-state index contributed by atoms with van der Waals surface area (Å²) in [5, 5.41) is 5.56. The Morgan fingerprint density at radius 3 is 2.76 bits per heavy atom. The molecule has 0 spiro atoms. The Kier molecular flexibility index (Phi) is 5.11. The van der Waals surface area contributed by atoms with Crippen LogP contribution in [-0.4, -0.2) is 34.1 Å². The van der Waals surface area contributed by atoms with E-state index in [-0.39, 0.29) is 6.03 Å². The van der Waals surface area contributed by atoms with Crippen LogP contribution in [0, 0.1) is 0 Å². The first-order valence-electron chi connectivity index (χ1n) is 9.30. The number of carbonyl (C=O) groups excluding carboxylic acids is 1. The summed E-state index contributed by atoms with van der Waals surface area (Å²) in [6.45, 7) is 2.45. The van der Waals surface area contributed by atoms with Crippen LogP contribution in [0.2, 0.25) is 0 Å². The fourth-order valence-corrected chi connectivity index (χ4v) is 3.17. The largest absolute Gasteiger partial charge is 0.481 e. The zero-order valence-corrected chi connectivity index (χ0v) is 16.2. The fraction of sp³-hybridized carbons (Fsp3) is 0.136. The first-order valence-corrected chi connectivity index (χ1v) is 9.30. The second kappa shape index (κ2) is 8.02. The third-order valence-electron chi connectivity index (χ3n) is 4.54. The van der Waals surface area contributed by atoms with Gasteiger partial charge >= 0.3 is 6.03 Å². The summed E-state index contributed by atoms with van der Waals surface area (Å²) in [6.07, 6.45) is 5.55. The van der Waals surface area contributed by atoms with Crippen LogP contribution in [0.4, 0.5) is 10.5 Å². The molecule has 7 heteroatoms. The number of ether oxygens (including phenoxy) is 1. The summed E-state index contributed by atoms with van der Waals surface area (Å²) in [5.74, 6) is 0.572. The van der Waals surface area contributed by atoms with E-state index < -0.39 is 0 Å². The zero-order chi connectivity index (χ0) is 20.2. The summed E-state index contributed by atoms with van der Waals surface area (Å²) >= 11 is 0. The van der Waals surface area contributed by atoms with E-state index in [1.165, 1.54) is 0 Å². The normalized spacial score (nSPS) is 10.7. The maximum atomic E-state index is 11.8. The van der Waals surface area contributed by atoms with Gasteiger partial charge in [-0.25, -0.2) is 14.8 Å². The molecule has 4 rings (SSSR count). The third kappa shape index (κ3) is 3.89. The van der Waals surface area contributed by atoms with Crippen molar-refractivity contribution in [2.24, 2.45) is 0 Å². The maximum Gasteiger partial charge on any atom is 0.319 e. The molecule has 0 fully saturated rings. The Balaban J connectivity index is 1.67. The van der Waals surface area contributed by atoms with Crippen LogP contribution in [0.25, 0.3) is 28.0 Å². The molecule has 7 nitrogen and oxygen atoms in total. The van der Waals surface area contributed by atoms with Gasteiger partial charge in [-0.15, -0.1) is 0 Å². The lowest BCUT2D eigenvalue weighted by Gasteiger charge is -2.09. The number of nitrogens with one attached hydrogen (secondary N) is 2. The molecule has 0 radical (unpaired) electrons.